The number of nitrogens with zero attached hydrogens (tertiary/aromatic N) is 3. The molecule has 1 aromatic heterocycles. The number of aromatic nitrogens is 3. The van der Waals surface area contributed by atoms with Gasteiger partial charge in [-0.2, -0.15) is 5.10 Å². The normalized spacial score (nSPS) is 17.2. The minimum Gasteiger partial charge on any atom is -0.339 e. The fourth-order valence-corrected chi connectivity index (χ4v) is 5.14. The fraction of sp³-hybridized carbons (Fsp3) is 0.444. The van der Waals surface area contributed by atoms with Crippen LogP contribution in [-0.2, 0) is 6.67 Å². The van der Waals surface area contributed by atoms with Crippen LogP contribution in [0.25, 0.3) is 11.4 Å². The average Bonchev–Trinajstić information content (AvgIpc) is 3.24. The maximum atomic E-state index is 13.5. The first-order chi connectivity index (χ1) is 16.0. The summed E-state index contributed by atoms with van der Waals surface area (Å²) in [6, 6.07) is 12.0. The van der Waals surface area contributed by atoms with Crippen LogP contribution < -0.4 is 0 Å². The summed E-state index contributed by atoms with van der Waals surface area (Å²) in [7, 11) is 0. The highest BCUT2D eigenvalue weighted by molar-refractivity contribution is 5.97. The van der Waals surface area contributed by atoms with Crippen molar-refractivity contribution < 1.29 is 9.18 Å². The van der Waals surface area contributed by atoms with Gasteiger partial charge in [-0.15, -0.1) is 0 Å². The van der Waals surface area contributed by atoms with Crippen LogP contribution in [0.4, 0.5) is 4.39 Å². The Hall–Kier alpha value is -3.02. The lowest BCUT2D eigenvalue weighted by Gasteiger charge is -2.33. The largest absolute Gasteiger partial charge is 0.339 e. The van der Waals surface area contributed by atoms with Gasteiger partial charge in [-0.25, -0.2) is 9.37 Å². The van der Waals surface area contributed by atoms with Crippen molar-refractivity contribution in [2.45, 2.75) is 64.5 Å². The van der Waals surface area contributed by atoms with E-state index in [-0.39, 0.29) is 5.91 Å². The van der Waals surface area contributed by atoms with E-state index in [4.69, 9.17) is 0 Å². The molecule has 33 heavy (non-hydrogen) atoms. The van der Waals surface area contributed by atoms with Gasteiger partial charge in [0.25, 0.3) is 5.91 Å². The summed E-state index contributed by atoms with van der Waals surface area (Å²) in [5.41, 5.74) is 5.99. The van der Waals surface area contributed by atoms with E-state index in [1.54, 1.807) is 0 Å². The second-order valence-corrected chi connectivity index (χ2v) is 9.57. The second-order valence-electron chi connectivity index (χ2n) is 9.57. The molecule has 172 valence electrons. The number of aryl methyl sites for hydroxylation is 2. The number of carbonyl (C=O) groups is 1. The number of aromatic amines is 1. The van der Waals surface area contributed by atoms with Crippen LogP contribution in [0.3, 0.4) is 0 Å². The van der Waals surface area contributed by atoms with E-state index in [0.29, 0.717) is 23.2 Å². The van der Waals surface area contributed by atoms with Crippen molar-refractivity contribution in [1.82, 2.24) is 20.1 Å². The topological polar surface area (TPSA) is 61.9 Å². The molecule has 0 spiro atoms. The molecule has 2 aliphatic rings. The van der Waals surface area contributed by atoms with E-state index in [9.17, 15) is 9.18 Å². The molecule has 0 unspecified atom stereocenters. The first kappa shape index (κ1) is 21.8. The third kappa shape index (κ3) is 4.31. The molecule has 1 amide bonds. The Labute approximate surface area is 194 Å². The van der Waals surface area contributed by atoms with Crippen LogP contribution in [0, 0.1) is 13.8 Å². The van der Waals surface area contributed by atoms with Gasteiger partial charge in [-0.3, -0.25) is 9.89 Å². The van der Waals surface area contributed by atoms with Gasteiger partial charge in [-0.05, 0) is 79.7 Å². The van der Waals surface area contributed by atoms with Crippen LogP contribution in [0.2, 0.25) is 0 Å². The Balaban J connectivity index is 1.36. The summed E-state index contributed by atoms with van der Waals surface area (Å²) in [4.78, 5) is 20.1. The van der Waals surface area contributed by atoms with E-state index in [1.807, 2.05) is 49.1 Å². The highest BCUT2D eigenvalue weighted by Crippen LogP contribution is 2.42. The van der Waals surface area contributed by atoms with Crippen molar-refractivity contribution in [3.63, 3.8) is 0 Å². The second kappa shape index (κ2) is 9.08. The van der Waals surface area contributed by atoms with Gasteiger partial charge >= 0.3 is 0 Å². The molecule has 1 aliphatic carbocycles. The van der Waals surface area contributed by atoms with E-state index in [2.05, 4.69) is 21.2 Å². The number of piperidine rings is 1. The first-order valence-electron chi connectivity index (χ1n) is 12.0. The third-order valence-electron chi connectivity index (χ3n) is 7.40. The Kier molecular flexibility index (Phi) is 6.00. The van der Waals surface area contributed by atoms with E-state index >= 15 is 0 Å². The lowest BCUT2D eigenvalue weighted by molar-refractivity contribution is 0.0712. The average molecular weight is 447 g/mol. The van der Waals surface area contributed by atoms with Crippen LogP contribution >= 0.6 is 0 Å². The van der Waals surface area contributed by atoms with Gasteiger partial charge in [0.15, 0.2) is 5.82 Å². The van der Waals surface area contributed by atoms with E-state index in [0.717, 1.165) is 48.4 Å². The van der Waals surface area contributed by atoms with Crippen molar-refractivity contribution >= 4 is 5.91 Å². The summed E-state index contributed by atoms with van der Waals surface area (Å²) >= 11 is 0. The maximum Gasteiger partial charge on any atom is 0.254 e. The lowest BCUT2D eigenvalue weighted by atomic mass is 9.77. The van der Waals surface area contributed by atoms with Gasteiger partial charge < -0.3 is 4.90 Å². The number of carbonyl (C=O) groups excluding carboxylic acids is 1. The Morgan fingerprint density at radius 3 is 2.36 bits per heavy atom. The standard InChI is InChI=1S/C27H31FN4O/c1-17-14-24(22-4-3-5-22)25(26-29-18(2)30-31-26)15-23(17)27(33)32-12-10-21(11-13-32)20-8-6-19(16-28)7-9-20/h6-9,14-15,21-22H,3-5,10-13,16H2,1-2H3,(H,29,30,31). The number of rotatable bonds is 5. The van der Waals surface area contributed by atoms with Gasteiger partial charge in [-0.1, -0.05) is 36.8 Å². The molecule has 2 heterocycles. The predicted molar refractivity (Wildman–Crippen MR) is 127 cm³/mol. The van der Waals surface area contributed by atoms with E-state index in [1.165, 1.54) is 30.4 Å². The molecule has 1 aliphatic heterocycles. The molecule has 1 N–H and O–H groups in total. The third-order valence-corrected chi connectivity index (χ3v) is 7.40. The molecule has 0 bridgehead atoms. The van der Waals surface area contributed by atoms with Crippen LogP contribution in [0.15, 0.2) is 36.4 Å². The summed E-state index contributed by atoms with van der Waals surface area (Å²) < 4.78 is 12.8. The molecule has 2 fully saturated rings. The monoisotopic (exact) mass is 446 g/mol. The zero-order chi connectivity index (χ0) is 22.9. The van der Waals surface area contributed by atoms with Gasteiger partial charge in [0, 0.05) is 24.2 Å². The van der Waals surface area contributed by atoms with Crippen molar-refractivity contribution in [3.8, 4) is 11.4 Å². The summed E-state index contributed by atoms with van der Waals surface area (Å²) in [5.74, 6) is 2.49. The zero-order valence-corrected chi connectivity index (χ0v) is 19.4. The smallest absolute Gasteiger partial charge is 0.254 e. The van der Waals surface area contributed by atoms with Crippen molar-refractivity contribution in [2.75, 3.05) is 13.1 Å². The molecule has 0 atom stereocenters. The maximum absolute atomic E-state index is 13.5. The molecule has 1 saturated heterocycles. The number of alkyl halides is 1. The molecule has 3 aromatic rings. The van der Waals surface area contributed by atoms with Crippen molar-refractivity contribution in [1.29, 1.82) is 0 Å². The number of hydrogen-bond donors (Lipinski definition) is 1. The minimum absolute atomic E-state index is 0.0902. The molecule has 1 saturated carbocycles. The highest BCUT2D eigenvalue weighted by Gasteiger charge is 2.29. The first-order valence-corrected chi connectivity index (χ1v) is 12.0. The number of H-pyrrole nitrogens is 1. The molecule has 2 aromatic carbocycles. The highest BCUT2D eigenvalue weighted by atomic mass is 19.1. The van der Waals surface area contributed by atoms with Gasteiger partial charge in [0.2, 0.25) is 0 Å². The van der Waals surface area contributed by atoms with Gasteiger partial charge in [0.05, 0.1) is 0 Å². The molecule has 5 nitrogen and oxygen atoms in total. The zero-order valence-electron chi connectivity index (χ0n) is 19.4. The van der Waals surface area contributed by atoms with Gasteiger partial charge in [0.1, 0.15) is 12.5 Å². The number of nitrogens with one attached hydrogen (secondary N) is 1. The quantitative estimate of drug-likeness (QED) is 0.535. The predicted octanol–water partition coefficient (Wildman–Crippen LogP) is 5.85. The van der Waals surface area contributed by atoms with Crippen molar-refractivity contribution in [3.05, 3.63) is 70.0 Å². The molecular weight excluding hydrogens is 415 g/mol. The lowest BCUT2D eigenvalue weighted by Crippen LogP contribution is -2.38. The summed E-state index contributed by atoms with van der Waals surface area (Å²) in [6.07, 6.45) is 5.47. The minimum atomic E-state index is -0.429. The summed E-state index contributed by atoms with van der Waals surface area (Å²) in [6.45, 7) is 4.97. The number of hydrogen-bond acceptors (Lipinski definition) is 3. The number of amides is 1. The SMILES string of the molecule is Cc1nc(-c2cc(C(=O)N3CCC(c4ccc(CF)cc4)CC3)c(C)cc2C2CCC2)n[nH]1. The molecular formula is C27H31FN4O. The Morgan fingerprint density at radius 1 is 1.06 bits per heavy atom. The Morgan fingerprint density at radius 2 is 1.79 bits per heavy atom. The fourth-order valence-electron chi connectivity index (χ4n) is 5.14. The Bertz CT molecular complexity index is 1140. The van der Waals surface area contributed by atoms with Crippen LogP contribution in [0.5, 0.6) is 0 Å². The van der Waals surface area contributed by atoms with Crippen LogP contribution in [-0.4, -0.2) is 39.1 Å². The molecule has 0 radical (unpaired) electrons. The molecule has 6 heteroatoms. The summed E-state index contributed by atoms with van der Waals surface area (Å²) in [5, 5.41) is 7.35. The number of likely N-dealkylation sites (tertiary alicyclic amines) is 1. The van der Waals surface area contributed by atoms with Crippen molar-refractivity contribution in [2.24, 2.45) is 0 Å². The number of benzene rings is 2. The van der Waals surface area contributed by atoms with E-state index < -0.39 is 6.67 Å². The molecule has 5 rings (SSSR count). The number of halogens is 1. The van der Waals surface area contributed by atoms with Crippen LogP contribution in [0.1, 0.15) is 82.4 Å².